The number of aromatic carboxylic acids is 1. The summed E-state index contributed by atoms with van der Waals surface area (Å²) in [7, 11) is 2.95. The van der Waals surface area contributed by atoms with Crippen molar-refractivity contribution in [3.8, 4) is 11.5 Å². The number of rotatable bonds is 19. The Morgan fingerprint density at radius 3 is 1.74 bits per heavy atom. The van der Waals surface area contributed by atoms with Gasteiger partial charge in [-0.2, -0.15) is 0 Å². The Morgan fingerprint density at radius 2 is 1.29 bits per heavy atom. The lowest BCUT2D eigenvalue weighted by Gasteiger charge is -2.13. The molecule has 5 nitrogen and oxygen atoms in total. The van der Waals surface area contributed by atoms with Gasteiger partial charge in [-0.3, -0.25) is 4.79 Å². The van der Waals surface area contributed by atoms with Crippen LogP contribution in [0.1, 0.15) is 113 Å². The van der Waals surface area contributed by atoms with Crippen LogP contribution in [-0.4, -0.2) is 31.1 Å². The van der Waals surface area contributed by atoms with E-state index in [0.29, 0.717) is 23.5 Å². The zero-order valence-electron chi connectivity index (χ0n) is 19.8. The quantitative estimate of drug-likeness (QED) is 0.237. The zero-order valence-corrected chi connectivity index (χ0v) is 19.8. The molecule has 0 aliphatic heterocycles. The van der Waals surface area contributed by atoms with Gasteiger partial charge in [-0.05, 0) is 12.5 Å². The van der Waals surface area contributed by atoms with Gasteiger partial charge in [0.25, 0.3) is 0 Å². The van der Waals surface area contributed by atoms with Gasteiger partial charge in [0, 0.05) is 24.5 Å². The molecule has 0 saturated heterocycles. The molecule has 31 heavy (non-hydrogen) atoms. The summed E-state index contributed by atoms with van der Waals surface area (Å²) in [6, 6.07) is 3.07. The maximum atomic E-state index is 12.4. The maximum absolute atomic E-state index is 12.4. The number of carbonyl (C=O) groups is 2. The number of Topliss-reactive ketones (excluding diaryl/α,β-unsaturated/α-hetero) is 1. The number of ether oxygens (including phenoxy) is 2. The maximum Gasteiger partial charge on any atom is 0.336 e. The summed E-state index contributed by atoms with van der Waals surface area (Å²) in [5.41, 5.74) is 0.491. The monoisotopic (exact) mass is 434 g/mol. The smallest absolute Gasteiger partial charge is 0.336 e. The SMILES string of the molecule is CCCCCCCCCCCCCCCC(=O)Cc1c(OC)cc(OC)cc1C(=O)O. The van der Waals surface area contributed by atoms with Gasteiger partial charge in [0.05, 0.1) is 19.8 Å². The van der Waals surface area contributed by atoms with Crippen LogP contribution >= 0.6 is 0 Å². The number of ketones is 1. The number of carbonyl (C=O) groups excluding carboxylic acids is 1. The molecule has 0 spiro atoms. The van der Waals surface area contributed by atoms with Crippen molar-refractivity contribution in [2.75, 3.05) is 14.2 Å². The van der Waals surface area contributed by atoms with E-state index in [1.807, 2.05) is 0 Å². The Kier molecular flexibility index (Phi) is 14.5. The van der Waals surface area contributed by atoms with Gasteiger partial charge in [-0.25, -0.2) is 4.79 Å². The molecular formula is C26H42O5. The fraction of sp³-hybridized carbons (Fsp3) is 0.692. The number of carboxylic acids is 1. The average molecular weight is 435 g/mol. The van der Waals surface area contributed by atoms with Gasteiger partial charge < -0.3 is 14.6 Å². The fourth-order valence-electron chi connectivity index (χ4n) is 3.92. The van der Waals surface area contributed by atoms with Crippen molar-refractivity contribution in [3.63, 3.8) is 0 Å². The van der Waals surface area contributed by atoms with Crippen LogP contribution in [0, 0.1) is 0 Å². The van der Waals surface area contributed by atoms with E-state index in [1.54, 1.807) is 6.07 Å². The van der Waals surface area contributed by atoms with Gasteiger partial charge in [-0.15, -0.1) is 0 Å². The lowest BCUT2D eigenvalue weighted by Crippen LogP contribution is -2.11. The molecule has 5 heteroatoms. The number of hydrogen-bond donors (Lipinski definition) is 1. The Labute approximate surface area is 188 Å². The van der Waals surface area contributed by atoms with Gasteiger partial charge in [-0.1, -0.05) is 84.0 Å². The molecule has 0 amide bonds. The Balaban J connectivity index is 2.23. The van der Waals surface area contributed by atoms with E-state index in [1.165, 1.54) is 84.5 Å². The van der Waals surface area contributed by atoms with E-state index in [2.05, 4.69) is 6.92 Å². The van der Waals surface area contributed by atoms with Crippen LogP contribution in [-0.2, 0) is 11.2 Å². The van der Waals surface area contributed by atoms with Gasteiger partial charge in [0.1, 0.15) is 17.3 Å². The van der Waals surface area contributed by atoms with Gasteiger partial charge in [0.15, 0.2) is 0 Å². The molecule has 0 heterocycles. The third-order valence-electron chi connectivity index (χ3n) is 5.80. The first-order valence-corrected chi connectivity index (χ1v) is 12.0. The van der Waals surface area contributed by atoms with Gasteiger partial charge >= 0.3 is 5.97 Å². The predicted octanol–water partition coefficient (Wildman–Crippen LogP) is 6.99. The molecule has 0 bridgehead atoms. The van der Waals surface area contributed by atoms with E-state index < -0.39 is 5.97 Å². The van der Waals surface area contributed by atoms with E-state index in [4.69, 9.17) is 9.47 Å². The molecule has 0 saturated carbocycles. The second kappa shape index (κ2) is 16.6. The lowest BCUT2D eigenvalue weighted by atomic mass is 9.97. The molecule has 0 unspecified atom stereocenters. The normalized spacial score (nSPS) is 10.8. The summed E-state index contributed by atoms with van der Waals surface area (Å²) < 4.78 is 10.4. The Hall–Kier alpha value is -2.04. The third-order valence-corrected chi connectivity index (χ3v) is 5.80. The highest BCUT2D eigenvalue weighted by Crippen LogP contribution is 2.30. The van der Waals surface area contributed by atoms with Crippen LogP contribution in [0.25, 0.3) is 0 Å². The second-order valence-corrected chi connectivity index (χ2v) is 8.37. The highest BCUT2D eigenvalue weighted by molar-refractivity contribution is 5.93. The first-order valence-electron chi connectivity index (χ1n) is 12.0. The molecule has 0 radical (unpaired) electrons. The molecule has 176 valence electrons. The number of carboxylic acid groups (broad SMARTS) is 1. The second-order valence-electron chi connectivity index (χ2n) is 8.37. The van der Waals surface area contributed by atoms with Crippen molar-refractivity contribution in [1.82, 2.24) is 0 Å². The zero-order chi connectivity index (χ0) is 22.9. The van der Waals surface area contributed by atoms with Crippen molar-refractivity contribution < 1.29 is 24.2 Å². The molecular weight excluding hydrogens is 392 g/mol. The van der Waals surface area contributed by atoms with Gasteiger partial charge in [0.2, 0.25) is 0 Å². The first-order chi connectivity index (χ1) is 15.0. The minimum Gasteiger partial charge on any atom is -0.497 e. The largest absolute Gasteiger partial charge is 0.497 e. The molecule has 0 aromatic heterocycles. The predicted molar refractivity (Wildman–Crippen MR) is 126 cm³/mol. The van der Waals surface area contributed by atoms with Crippen molar-refractivity contribution in [2.45, 2.75) is 103 Å². The van der Waals surface area contributed by atoms with Crippen LogP contribution in [0.15, 0.2) is 12.1 Å². The summed E-state index contributed by atoms with van der Waals surface area (Å²) in [5.74, 6) is -0.243. The standard InChI is InChI=1S/C26H42O5/c1-4-5-6-7-8-9-10-11-12-13-14-15-16-17-21(27)18-23-24(26(28)29)19-22(30-2)20-25(23)31-3/h19-20H,4-18H2,1-3H3,(H,28,29). The van der Waals surface area contributed by atoms with E-state index in [0.717, 1.165) is 19.3 Å². The summed E-state index contributed by atoms with van der Waals surface area (Å²) >= 11 is 0. The number of hydrogen-bond acceptors (Lipinski definition) is 4. The first kappa shape index (κ1) is 27.0. The van der Waals surface area contributed by atoms with Crippen molar-refractivity contribution in [3.05, 3.63) is 23.3 Å². The summed E-state index contributed by atoms with van der Waals surface area (Å²) in [4.78, 5) is 24.0. The van der Waals surface area contributed by atoms with E-state index in [-0.39, 0.29) is 17.8 Å². The Morgan fingerprint density at radius 1 is 0.774 bits per heavy atom. The average Bonchev–Trinajstić information content (AvgIpc) is 2.76. The van der Waals surface area contributed by atoms with Crippen LogP contribution < -0.4 is 9.47 Å². The molecule has 1 aromatic rings. The van der Waals surface area contributed by atoms with E-state index in [9.17, 15) is 14.7 Å². The topological polar surface area (TPSA) is 72.8 Å². The molecule has 0 aliphatic carbocycles. The summed E-state index contributed by atoms with van der Waals surface area (Å²) in [6.45, 7) is 2.25. The molecule has 0 fully saturated rings. The number of methoxy groups -OCH3 is 2. The highest BCUT2D eigenvalue weighted by atomic mass is 16.5. The van der Waals surface area contributed by atoms with Crippen LogP contribution in [0.3, 0.4) is 0 Å². The molecule has 1 aromatic carbocycles. The van der Waals surface area contributed by atoms with Crippen LogP contribution in [0.2, 0.25) is 0 Å². The summed E-state index contributed by atoms with van der Waals surface area (Å²) in [5, 5.41) is 9.49. The molecule has 0 atom stereocenters. The number of benzene rings is 1. The molecule has 0 aliphatic rings. The summed E-state index contributed by atoms with van der Waals surface area (Å²) in [6.07, 6.45) is 17.0. The Bertz CT molecular complexity index is 653. The molecule has 1 N–H and O–H groups in total. The van der Waals surface area contributed by atoms with E-state index >= 15 is 0 Å². The highest BCUT2D eigenvalue weighted by Gasteiger charge is 2.19. The van der Waals surface area contributed by atoms with Crippen molar-refractivity contribution >= 4 is 11.8 Å². The van der Waals surface area contributed by atoms with Crippen LogP contribution in [0.4, 0.5) is 0 Å². The fourth-order valence-corrected chi connectivity index (χ4v) is 3.92. The minimum atomic E-state index is -1.08. The van der Waals surface area contributed by atoms with Crippen molar-refractivity contribution in [2.24, 2.45) is 0 Å². The lowest BCUT2D eigenvalue weighted by molar-refractivity contribution is -0.118. The van der Waals surface area contributed by atoms with Crippen LogP contribution in [0.5, 0.6) is 11.5 Å². The minimum absolute atomic E-state index is 0.0500. The number of unbranched alkanes of at least 4 members (excludes halogenated alkanes) is 12. The van der Waals surface area contributed by atoms with Crippen molar-refractivity contribution in [1.29, 1.82) is 0 Å². The molecule has 1 rings (SSSR count). The third kappa shape index (κ3) is 11.2.